The van der Waals surface area contributed by atoms with Crippen molar-refractivity contribution in [2.24, 2.45) is 0 Å². The molecule has 3 aromatic rings. The lowest BCUT2D eigenvalue weighted by atomic mass is 10.1. The second kappa shape index (κ2) is 8.94. The largest absolute Gasteiger partial charge is 0.481 e. The second-order valence-corrected chi connectivity index (χ2v) is 6.15. The van der Waals surface area contributed by atoms with Gasteiger partial charge in [-0.05, 0) is 37.3 Å². The van der Waals surface area contributed by atoms with E-state index in [0.29, 0.717) is 11.4 Å². The molecule has 0 spiro atoms. The van der Waals surface area contributed by atoms with Crippen molar-refractivity contribution in [1.82, 2.24) is 15.1 Å². The Bertz CT molecular complexity index is 988. The first-order valence-electron chi connectivity index (χ1n) is 8.86. The van der Waals surface area contributed by atoms with E-state index in [-0.39, 0.29) is 30.4 Å². The van der Waals surface area contributed by atoms with E-state index < -0.39 is 6.10 Å². The number of carbonyl (C=O) groups is 1. The Labute approximate surface area is 161 Å². The lowest BCUT2D eigenvalue weighted by molar-refractivity contribution is -0.127. The van der Waals surface area contributed by atoms with Crippen LogP contribution >= 0.6 is 0 Å². The van der Waals surface area contributed by atoms with Gasteiger partial charge in [0.05, 0.1) is 12.2 Å². The molecule has 0 radical (unpaired) electrons. The van der Waals surface area contributed by atoms with Crippen LogP contribution in [0.2, 0.25) is 0 Å². The van der Waals surface area contributed by atoms with Gasteiger partial charge in [-0.2, -0.15) is 5.10 Å². The van der Waals surface area contributed by atoms with Gasteiger partial charge in [-0.15, -0.1) is 0 Å². The Hall–Kier alpha value is -3.48. The van der Waals surface area contributed by atoms with E-state index in [9.17, 15) is 14.0 Å². The number of aromatic nitrogens is 2. The summed E-state index contributed by atoms with van der Waals surface area (Å²) in [6, 6.07) is 18.1. The zero-order valence-corrected chi connectivity index (χ0v) is 15.3. The summed E-state index contributed by atoms with van der Waals surface area (Å²) in [5.41, 5.74) is 1.34. The molecular weight excluding hydrogens is 361 g/mol. The first-order chi connectivity index (χ1) is 13.5. The van der Waals surface area contributed by atoms with Crippen LogP contribution < -0.4 is 15.6 Å². The molecule has 7 heteroatoms. The summed E-state index contributed by atoms with van der Waals surface area (Å²) in [5.74, 6) is -0.311. The number of hydrogen-bond donors (Lipinski definition) is 1. The Balaban J connectivity index is 1.56. The molecule has 0 saturated carbocycles. The van der Waals surface area contributed by atoms with Crippen LogP contribution in [-0.2, 0) is 11.3 Å². The fourth-order valence-electron chi connectivity index (χ4n) is 2.57. The number of benzene rings is 2. The molecule has 1 amide bonds. The first-order valence-corrected chi connectivity index (χ1v) is 8.86. The molecule has 0 aliphatic heterocycles. The van der Waals surface area contributed by atoms with Crippen molar-refractivity contribution in [1.29, 1.82) is 0 Å². The molecule has 1 heterocycles. The Kier molecular flexibility index (Phi) is 6.16. The Morgan fingerprint density at radius 3 is 2.54 bits per heavy atom. The summed E-state index contributed by atoms with van der Waals surface area (Å²) in [5, 5.41) is 7.06. The normalized spacial score (nSPS) is 11.6. The summed E-state index contributed by atoms with van der Waals surface area (Å²) in [6.45, 7) is 2.05. The second-order valence-electron chi connectivity index (χ2n) is 6.15. The molecule has 144 valence electrons. The first kappa shape index (κ1) is 19.3. The van der Waals surface area contributed by atoms with E-state index in [1.807, 2.05) is 30.3 Å². The molecule has 28 heavy (non-hydrogen) atoms. The molecular formula is C21H20FN3O3. The van der Waals surface area contributed by atoms with Crippen LogP contribution in [0.1, 0.15) is 6.92 Å². The predicted octanol–water partition coefficient (Wildman–Crippen LogP) is 2.63. The molecule has 1 aromatic heterocycles. The van der Waals surface area contributed by atoms with Gasteiger partial charge in [-0.3, -0.25) is 9.59 Å². The van der Waals surface area contributed by atoms with Crippen LogP contribution in [0.25, 0.3) is 11.3 Å². The van der Waals surface area contributed by atoms with Gasteiger partial charge < -0.3 is 10.1 Å². The highest BCUT2D eigenvalue weighted by Gasteiger charge is 2.14. The third kappa shape index (κ3) is 5.03. The zero-order chi connectivity index (χ0) is 19.9. The van der Waals surface area contributed by atoms with E-state index in [1.165, 1.54) is 35.0 Å². The quantitative estimate of drug-likeness (QED) is 0.683. The molecule has 6 nitrogen and oxygen atoms in total. The molecule has 1 unspecified atom stereocenters. The number of carbonyl (C=O) groups excluding carboxylic acids is 1. The highest BCUT2D eigenvalue weighted by molar-refractivity contribution is 5.80. The molecule has 2 aromatic carbocycles. The minimum atomic E-state index is -0.759. The average Bonchev–Trinajstić information content (AvgIpc) is 2.71. The fraction of sp³-hybridized carbons (Fsp3) is 0.190. The van der Waals surface area contributed by atoms with Gasteiger partial charge in [0.1, 0.15) is 11.6 Å². The predicted molar refractivity (Wildman–Crippen MR) is 103 cm³/mol. The molecule has 0 aliphatic carbocycles. The Morgan fingerprint density at radius 1 is 1.11 bits per heavy atom. The van der Waals surface area contributed by atoms with Crippen LogP contribution in [0.4, 0.5) is 4.39 Å². The van der Waals surface area contributed by atoms with Gasteiger partial charge in [0.25, 0.3) is 11.5 Å². The number of hydrogen-bond acceptors (Lipinski definition) is 4. The monoisotopic (exact) mass is 381 g/mol. The van der Waals surface area contributed by atoms with Gasteiger partial charge >= 0.3 is 0 Å². The number of nitrogens with zero attached hydrogens (tertiary/aromatic N) is 2. The van der Waals surface area contributed by atoms with Gasteiger partial charge in [-0.25, -0.2) is 9.07 Å². The van der Waals surface area contributed by atoms with Crippen molar-refractivity contribution in [3.8, 4) is 17.0 Å². The number of nitrogens with one attached hydrogen (secondary N) is 1. The molecule has 0 aliphatic rings. The van der Waals surface area contributed by atoms with Gasteiger partial charge in [0.15, 0.2) is 6.10 Å². The van der Waals surface area contributed by atoms with E-state index in [1.54, 1.807) is 13.0 Å². The van der Waals surface area contributed by atoms with Crippen molar-refractivity contribution in [2.75, 3.05) is 6.54 Å². The minimum absolute atomic E-state index is 0.223. The third-order valence-electron chi connectivity index (χ3n) is 4.05. The van der Waals surface area contributed by atoms with Gasteiger partial charge in [-0.1, -0.05) is 30.3 Å². The van der Waals surface area contributed by atoms with Crippen molar-refractivity contribution < 1.29 is 13.9 Å². The third-order valence-corrected chi connectivity index (χ3v) is 4.05. The maximum atomic E-state index is 12.9. The highest BCUT2D eigenvalue weighted by atomic mass is 19.1. The summed E-state index contributed by atoms with van der Waals surface area (Å²) < 4.78 is 19.7. The van der Waals surface area contributed by atoms with Crippen molar-refractivity contribution in [2.45, 2.75) is 19.6 Å². The van der Waals surface area contributed by atoms with E-state index in [0.717, 1.165) is 5.56 Å². The van der Waals surface area contributed by atoms with Crippen LogP contribution in [0.5, 0.6) is 5.75 Å². The molecule has 0 saturated heterocycles. The summed E-state index contributed by atoms with van der Waals surface area (Å²) in [7, 11) is 0. The van der Waals surface area contributed by atoms with Gasteiger partial charge in [0.2, 0.25) is 0 Å². The summed E-state index contributed by atoms with van der Waals surface area (Å²) in [6.07, 6.45) is -0.759. The number of rotatable bonds is 7. The van der Waals surface area contributed by atoms with Crippen molar-refractivity contribution >= 4 is 5.91 Å². The molecule has 3 rings (SSSR count). The number of amides is 1. The maximum absolute atomic E-state index is 12.9. The highest BCUT2D eigenvalue weighted by Crippen LogP contribution is 2.14. The number of halogens is 1. The summed E-state index contributed by atoms with van der Waals surface area (Å²) >= 11 is 0. The van der Waals surface area contributed by atoms with E-state index in [2.05, 4.69) is 10.4 Å². The minimum Gasteiger partial charge on any atom is -0.481 e. The SMILES string of the molecule is CC(Oc1ccc(F)cc1)C(=O)NCCn1nc(-c2ccccc2)ccc1=O. The number of ether oxygens (including phenoxy) is 1. The lowest BCUT2D eigenvalue weighted by Crippen LogP contribution is -2.39. The zero-order valence-electron chi connectivity index (χ0n) is 15.3. The van der Waals surface area contributed by atoms with Crippen LogP contribution in [0.15, 0.2) is 71.5 Å². The standard InChI is InChI=1S/C21H20FN3O3/c1-15(28-18-9-7-17(22)8-10-18)21(27)23-13-14-25-20(26)12-11-19(24-25)16-5-3-2-4-6-16/h2-12,15H,13-14H2,1H3,(H,23,27). The topological polar surface area (TPSA) is 73.2 Å². The fourth-order valence-corrected chi connectivity index (χ4v) is 2.57. The smallest absolute Gasteiger partial charge is 0.266 e. The molecule has 0 fully saturated rings. The lowest BCUT2D eigenvalue weighted by Gasteiger charge is -2.15. The molecule has 0 bridgehead atoms. The van der Waals surface area contributed by atoms with Crippen molar-refractivity contribution in [3.63, 3.8) is 0 Å². The maximum Gasteiger partial charge on any atom is 0.266 e. The van der Waals surface area contributed by atoms with Crippen molar-refractivity contribution in [3.05, 3.63) is 82.9 Å². The molecule has 1 N–H and O–H groups in total. The van der Waals surface area contributed by atoms with Crippen LogP contribution in [0.3, 0.4) is 0 Å². The van der Waals surface area contributed by atoms with E-state index in [4.69, 9.17) is 4.74 Å². The van der Waals surface area contributed by atoms with Crippen LogP contribution in [-0.4, -0.2) is 28.3 Å². The van der Waals surface area contributed by atoms with Gasteiger partial charge in [0, 0.05) is 18.2 Å². The molecule has 1 atom stereocenters. The van der Waals surface area contributed by atoms with Crippen LogP contribution in [0, 0.1) is 5.82 Å². The average molecular weight is 381 g/mol. The summed E-state index contributed by atoms with van der Waals surface area (Å²) in [4.78, 5) is 24.2. The Morgan fingerprint density at radius 2 is 1.82 bits per heavy atom. The van der Waals surface area contributed by atoms with E-state index >= 15 is 0 Å².